The lowest BCUT2D eigenvalue weighted by molar-refractivity contribution is -0.143. The Morgan fingerprint density at radius 1 is 1.44 bits per heavy atom. The highest BCUT2D eigenvalue weighted by Crippen LogP contribution is 2.30. The van der Waals surface area contributed by atoms with Crippen LogP contribution >= 0.6 is 0 Å². The van der Waals surface area contributed by atoms with Crippen LogP contribution in [0.5, 0.6) is 0 Å². The molecule has 9 nitrogen and oxygen atoms in total. The fraction of sp³-hybridized carbons (Fsp3) is 0.588. The number of nitrogens with zero attached hydrogens (tertiary/aromatic N) is 2. The second-order valence-corrected chi connectivity index (χ2v) is 7.11. The lowest BCUT2D eigenvalue weighted by Crippen LogP contribution is -2.51. The van der Waals surface area contributed by atoms with Crippen LogP contribution in [0.15, 0.2) is 12.3 Å². The van der Waals surface area contributed by atoms with Gasteiger partial charge in [-0.2, -0.15) is 0 Å². The van der Waals surface area contributed by atoms with Crippen LogP contribution in [0.3, 0.4) is 0 Å². The SMILES string of the molecule is O=C(O)CC1(O)CCN(c2ncc(NC3CCC(=O)NC3O)cc2F)CC1. The minimum absolute atomic E-state index is 0.135. The first kappa shape index (κ1) is 19.3. The number of carbonyl (C=O) groups excluding carboxylic acids is 1. The van der Waals surface area contributed by atoms with E-state index >= 15 is 0 Å². The number of anilines is 2. The first-order valence-electron chi connectivity index (χ1n) is 8.84. The fourth-order valence-corrected chi connectivity index (χ4v) is 3.48. The lowest BCUT2D eigenvalue weighted by atomic mass is 9.88. The Morgan fingerprint density at radius 2 is 2.15 bits per heavy atom. The van der Waals surface area contributed by atoms with Gasteiger partial charge in [-0.1, -0.05) is 0 Å². The summed E-state index contributed by atoms with van der Waals surface area (Å²) in [7, 11) is 0. The highest BCUT2D eigenvalue weighted by molar-refractivity contribution is 5.77. The number of piperidine rings is 2. The second-order valence-electron chi connectivity index (χ2n) is 7.11. The molecule has 2 unspecified atom stereocenters. The number of carboxylic acid groups (broad SMARTS) is 1. The zero-order valence-corrected chi connectivity index (χ0v) is 14.7. The average Bonchev–Trinajstić information content (AvgIpc) is 2.58. The molecule has 0 bridgehead atoms. The number of carboxylic acids is 1. The minimum Gasteiger partial charge on any atom is -0.481 e. The Hall–Kier alpha value is -2.46. The van der Waals surface area contributed by atoms with E-state index in [0.717, 1.165) is 0 Å². The summed E-state index contributed by atoms with van der Waals surface area (Å²) in [5.41, 5.74) is -0.891. The van der Waals surface area contributed by atoms with Gasteiger partial charge < -0.3 is 30.9 Å². The molecule has 0 radical (unpaired) electrons. The van der Waals surface area contributed by atoms with Gasteiger partial charge in [-0.15, -0.1) is 0 Å². The van der Waals surface area contributed by atoms with E-state index in [1.165, 1.54) is 12.3 Å². The maximum Gasteiger partial charge on any atom is 0.306 e. The molecule has 2 fully saturated rings. The molecule has 2 aliphatic rings. The number of hydrogen-bond acceptors (Lipinski definition) is 7. The molecule has 3 heterocycles. The summed E-state index contributed by atoms with van der Waals surface area (Å²) >= 11 is 0. The topological polar surface area (TPSA) is 135 Å². The molecular formula is C17H23FN4O5. The molecule has 0 saturated carbocycles. The molecule has 0 spiro atoms. The number of hydrogen-bond donors (Lipinski definition) is 5. The largest absolute Gasteiger partial charge is 0.481 e. The number of pyridine rings is 1. The van der Waals surface area contributed by atoms with Gasteiger partial charge in [0.05, 0.1) is 29.9 Å². The predicted molar refractivity (Wildman–Crippen MR) is 93.6 cm³/mol. The van der Waals surface area contributed by atoms with Crippen LogP contribution in [-0.4, -0.2) is 63.1 Å². The van der Waals surface area contributed by atoms with Gasteiger partial charge in [-0.3, -0.25) is 9.59 Å². The van der Waals surface area contributed by atoms with E-state index in [2.05, 4.69) is 15.6 Å². The van der Waals surface area contributed by atoms with Crippen molar-refractivity contribution < 1.29 is 29.3 Å². The lowest BCUT2D eigenvalue weighted by Gasteiger charge is -2.38. The molecule has 1 amide bonds. The molecule has 2 aliphatic heterocycles. The van der Waals surface area contributed by atoms with Gasteiger partial charge in [0.2, 0.25) is 5.91 Å². The fourth-order valence-electron chi connectivity index (χ4n) is 3.48. The van der Waals surface area contributed by atoms with E-state index in [1.54, 1.807) is 4.90 Å². The van der Waals surface area contributed by atoms with Crippen LogP contribution in [0.25, 0.3) is 0 Å². The van der Waals surface area contributed by atoms with Crippen molar-refractivity contribution in [2.75, 3.05) is 23.3 Å². The van der Waals surface area contributed by atoms with Gasteiger partial charge in [0.15, 0.2) is 11.6 Å². The summed E-state index contributed by atoms with van der Waals surface area (Å²) in [6, 6.07) is 0.833. The molecule has 2 atom stereocenters. The Morgan fingerprint density at radius 3 is 2.74 bits per heavy atom. The summed E-state index contributed by atoms with van der Waals surface area (Å²) in [6.45, 7) is 0.599. The van der Waals surface area contributed by atoms with E-state index in [-0.39, 0.29) is 37.4 Å². The smallest absolute Gasteiger partial charge is 0.306 e. The van der Waals surface area contributed by atoms with E-state index in [1.807, 2.05) is 0 Å². The Labute approximate surface area is 155 Å². The van der Waals surface area contributed by atoms with Crippen molar-refractivity contribution in [3.63, 3.8) is 0 Å². The monoisotopic (exact) mass is 382 g/mol. The summed E-state index contributed by atoms with van der Waals surface area (Å²) in [5.74, 6) is -1.71. The molecule has 1 aromatic rings. The number of aliphatic hydroxyl groups excluding tert-OH is 1. The van der Waals surface area contributed by atoms with E-state index < -0.39 is 29.7 Å². The standard InChI is InChI=1S/C17H23FN4O5/c18-11-7-10(20-12-1-2-13(23)21-16(12)26)9-19-15(11)22-5-3-17(27,4-6-22)8-14(24)25/h7,9,12,16,20,26-27H,1-6,8H2,(H,21,23)(H,24,25). The van der Waals surface area contributed by atoms with Crippen LogP contribution in [0, 0.1) is 5.82 Å². The number of rotatable bonds is 5. The molecular weight excluding hydrogens is 359 g/mol. The number of nitrogens with one attached hydrogen (secondary N) is 2. The predicted octanol–water partition coefficient (Wildman–Crippen LogP) is 0.0356. The minimum atomic E-state index is -1.28. The second kappa shape index (κ2) is 7.65. The van der Waals surface area contributed by atoms with Crippen molar-refractivity contribution >= 4 is 23.4 Å². The van der Waals surface area contributed by atoms with Gasteiger partial charge in [-0.25, -0.2) is 9.37 Å². The molecule has 10 heteroatoms. The normalized spacial score (nSPS) is 25.0. The quantitative estimate of drug-likeness (QED) is 0.482. The van der Waals surface area contributed by atoms with Crippen molar-refractivity contribution in [1.82, 2.24) is 10.3 Å². The number of carbonyl (C=O) groups is 2. The molecule has 0 aromatic carbocycles. The molecule has 5 N–H and O–H groups in total. The molecule has 0 aliphatic carbocycles. The van der Waals surface area contributed by atoms with Crippen molar-refractivity contribution in [3.8, 4) is 0 Å². The van der Waals surface area contributed by atoms with Crippen molar-refractivity contribution in [2.45, 2.75) is 50.0 Å². The van der Waals surface area contributed by atoms with Crippen molar-refractivity contribution in [1.29, 1.82) is 0 Å². The van der Waals surface area contributed by atoms with E-state index in [0.29, 0.717) is 25.2 Å². The molecule has 2 saturated heterocycles. The van der Waals surface area contributed by atoms with Crippen LogP contribution < -0.4 is 15.5 Å². The third kappa shape index (κ3) is 4.64. The number of halogens is 1. The summed E-state index contributed by atoms with van der Waals surface area (Å²) < 4.78 is 14.5. The summed E-state index contributed by atoms with van der Waals surface area (Å²) in [4.78, 5) is 27.9. The van der Waals surface area contributed by atoms with Gasteiger partial charge in [0.25, 0.3) is 0 Å². The summed E-state index contributed by atoms with van der Waals surface area (Å²) in [6.07, 6.45) is 1.19. The van der Waals surface area contributed by atoms with Gasteiger partial charge in [0.1, 0.15) is 6.23 Å². The molecule has 27 heavy (non-hydrogen) atoms. The Balaban J connectivity index is 1.62. The number of aliphatic carboxylic acids is 1. The van der Waals surface area contributed by atoms with Crippen LogP contribution in [0.2, 0.25) is 0 Å². The molecule has 148 valence electrons. The highest BCUT2D eigenvalue weighted by atomic mass is 19.1. The first-order valence-corrected chi connectivity index (χ1v) is 8.84. The third-order valence-electron chi connectivity index (χ3n) is 5.02. The Bertz CT molecular complexity index is 723. The highest BCUT2D eigenvalue weighted by Gasteiger charge is 2.35. The van der Waals surface area contributed by atoms with Gasteiger partial charge >= 0.3 is 5.97 Å². The van der Waals surface area contributed by atoms with E-state index in [9.17, 15) is 24.2 Å². The maximum absolute atomic E-state index is 14.5. The number of amides is 1. The Kier molecular flexibility index (Phi) is 5.47. The van der Waals surface area contributed by atoms with Gasteiger partial charge in [0, 0.05) is 25.6 Å². The van der Waals surface area contributed by atoms with Crippen LogP contribution in [0.1, 0.15) is 32.1 Å². The first-order chi connectivity index (χ1) is 12.8. The van der Waals surface area contributed by atoms with E-state index in [4.69, 9.17) is 5.11 Å². The summed E-state index contributed by atoms with van der Waals surface area (Å²) in [5, 5.41) is 34.4. The van der Waals surface area contributed by atoms with Crippen molar-refractivity contribution in [3.05, 3.63) is 18.1 Å². The van der Waals surface area contributed by atoms with Crippen molar-refractivity contribution in [2.24, 2.45) is 0 Å². The van der Waals surface area contributed by atoms with Gasteiger partial charge in [-0.05, 0) is 19.3 Å². The zero-order valence-electron chi connectivity index (χ0n) is 14.7. The number of aliphatic hydroxyl groups is 2. The zero-order chi connectivity index (χ0) is 19.6. The average molecular weight is 382 g/mol. The van der Waals surface area contributed by atoms with Crippen LogP contribution in [0.4, 0.5) is 15.9 Å². The third-order valence-corrected chi connectivity index (χ3v) is 5.02. The molecule has 3 rings (SSSR count). The number of aromatic nitrogens is 1. The molecule has 1 aromatic heterocycles. The maximum atomic E-state index is 14.5. The van der Waals surface area contributed by atoms with Crippen LogP contribution in [-0.2, 0) is 9.59 Å².